The number of rotatable bonds is 5. The smallest absolute Gasteiger partial charge is 0.412 e. The molecule has 0 spiro atoms. The fraction of sp³-hybridized carbons (Fsp3) is 0.333. The van der Waals surface area contributed by atoms with E-state index >= 15 is 0 Å². The van der Waals surface area contributed by atoms with Crippen LogP contribution in [0.5, 0.6) is 11.5 Å². The third kappa shape index (κ3) is 5.77. The lowest BCUT2D eigenvalue weighted by atomic mass is 10.2. The lowest BCUT2D eigenvalue weighted by molar-refractivity contribution is -0.121. The highest BCUT2D eigenvalue weighted by molar-refractivity contribution is 6.30. The van der Waals surface area contributed by atoms with Crippen molar-refractivity contribution in [1.82, 2.24) is 0 Å². The Balaban J connectivity index is 1.69. The third-order valence-corrected chi connectivity index (χ3v) is 4.20. The van der Waals surface area contributed by atoms with Crippen molar-refractivity contribution in [2.24, 2.45) is 0 Å². The number of nitrogens with zero attached hydrogens (tertiary/aromatic N) is 1. The summed E-state index contributed by atoms with van der Waals surface area (Å²) in [6, 6.07) is 12.1. The number of hydrogen-bond acceptors (Lipinski definition) is 5. The van der Waals surface area contributed by atoms with Gasteiger partial charge in [0.2, 0.25) is 0 Å². The van der Waals surface area contributed by atoms with Crippen molar-refractivity contribution in [3.8, 4) is 11.5 Å². The Bertz CT molecular complexity index is 893. The third-order valence-electron chi connectivity index (χ3n) is 3.94. The number of amides is 2. The van der Waals surface area contributed by atoms with Gasteiger partial charge in [-0.05, 0) is 63.2 Å². The highest BCUT2D eigenvalue weighted by Crippen LogP contribution is 2.34. The van der Waals surface area contributed by atoms with E-state index in [2.05, 4.69) is 5.32 Å². The summed E-state index contributed by atoms with van der Waals surface area (Å²) in [4.78, 5) is 26.0. The summed E-state index contributed by atoms with van der Waals surface area (Å²) in [6.45, 7) is 5.92. The second-order valence-corrected chi connectivity index (χ2v) is 7.88. The molecule has 154 valence electrons. The van der Waals surface area contributed by atoms with Crippen LogP contribution in [0, 0.1) is 0 Å². The van der Waals surface area contributed by atoms with Gasteiger partial charge in [0.15, 0.2) is 6.61 Å². The molecular formula is C21H23ClN2O5. The van der Waals surface area contributed by atoms with Gasteiger partial charge < -0.3 is 19.1 Å². The predicted octanol–water partition coefficient (Wildman–Crippen LogP) is 4.49. The van der Waals surface area contributed by atoms with E-state index in [1.165, 1.54) is 0 Å². The SMILES string of the molecule is CC(C)(C)OC(=O)Nc1ccc2c(c1)N(CCOc1ccc(Cl)cc1)C(=O)CO2. The molecule has 0 atom stereocenters. The molecular weight excluding hydrogens is 396 g/mol. The molecule has 2 aromatic carbocycles. The van der Waals surface area contributed by atoms with Crippen molar-refractivity contribution < 1.29 is 23.8 Å². The minimum Gasteiger partial charge on any atom is -0.492 e. The molecule has 0 saturated heterocycles. The van der Waals surface area contributed by atoms with Gasteiger partial charge in [-0.1, -0.05) is 11.6 Å². The number of anilines is 2. The topological polar surface area (TPSA) is 77.1 Å². The first-order valence-corrected chi connectivity index (χ1v) is 9.55. The van der Waals surface area contributed by atoms with Crippen LogP contribution in [0.1, 0.15) is 20.8 Å². The summed E-state index contributed by atoms with van der Waals surface area (Å²) in [7, 11) is 0. The Morgan fingerprint density at radius 1 is 1.21 bits per heavy atom. The molecule has 0 radical (unpaired) electrons. The lowest BCUT2D eigenvalue weighted by Crippen LogP contribution is -2.41. The number of benzene rings is 2. The van der Waals surface area contributed by atoms with E-state index in [1.54, 1.807) is 68.1 Å². The van der Waals surface area contributed by atoms with E-state index in [0.717, 1.165) is 0 Å². The zero-order valence-electron chi connectivity index (χ0n) is 16.5. The minimum atomic E-state index is -0.609. The molecule has 3 rings (SSSR count). The highest BCUT2D eigenvalue weighted by atomic mass is 35.5. The maximum Gasteiger partial charge on any atom is 0.412 e. The lowest BCUT2D eigenvalue weighted by Gasteiger charge is -2.30. The highest BCUT2D eigenvalue weighted by Gasteiger charge is 2.26. The summed E-state index contributed by atoms with van der Waals surface area (Å²) in [5, 5.41) is 3.30. The first-order chi connectivity index (χ1) is 13.7. The van der Waals surface area contributed by atoms with Crippen molar-refractivity contribution in [2.45, 2.75) is 26.4 Å². The van der Waals surface area contributed by atoms with Gasteiger partial charge in [0, 0.05) is 10.7 Å². The largest absolute Gasteiger partial charge is 0.492 e. The van der Waals surface area contributed by atoms with E-state index in [4.69, 9.17) is 25.8 Å². The zero-order chi connectivity index (χ0) is 21.0. The van der Waals surface area contributed by atoms with Gasteiger partial charge in [-0.25, -0.2) is 4.79 Å². The van der Waals surface area contributed by atoms with E-state index < -0.39 is 11.7 Å². The van der Waals surface area contributed by atoms with E-state index in [0.29, 0.717) is 34.4 Å². The monoisotopic (exact) mass is 418 g/mol. The molecule has 1 aliphatic rings. The van der Waals surface area contributed by atoms with E-state index in [-0.39, 0.29) is 19.1 Å². The Morgan fingerprint density at radius 3 is 2.62 bits per heavy atom. The van der Waals surface area contributed by atoms with Crippen LogP contribution in [0.25, 0.3) is 0 Å². The molecule has 1 aliphatic heterocycles. The summed E-state index contributed by atoms with van der Waals surface area (Å²) >= 11 is 5.87. The van der Waals surface area contributed by atoms with Gasteiger partial charge in [-0.15, -0.1) is 0 Å². The molecule has 2 aromatic rings. The van der Waals surface area contributed by atoms with E-state index in [9.17, 15) is 9.59 Å². The Kier molecular flexibility index (Phi) is 6.17. The van der Waals surface area contributed by atoms with Crippen molar-refractivity contribution in [2.75, 3.05) is 30.0 Å². The van der Waals surface area contributed by atoms with Crippen LogP contribution in [0.2, 0.25) is 5.02 Å². The normalized spacial score (nSPS) is 13.4. The van der Waals surface area contributed by atoms with Gasteiger partial charge in [0.1, 0.15) is 23.7 Å². The number of fused-ring (bicyclic) bond motifs is 1. The van der Waals surface area contributed by atoms with Crippen LogP contribution in [-0.4, -0.2) is 37.4 Å². The predicted molar refractivity (Wildman–Crippen MR) is 111 cm³/mol. The van der Waals surface area contributed by atoms with E-state index in [1.807, 2.05) is 0 Å². The number of ether oxygens (including phenoxy) is 3. The van der Waals surface area contributed by atoms with Crippen molar-refractivity contribution in [3.05, 3.63) is 47.5 Å². The summed E-state index contributed by atoms with van der Waals surface area (Å²) in [5.41, 5.74) is 0.456. The Morgan fingerprint density at radius 2 is 1.93 bits per heavy atom. The van der Waals surface area contributed by atoms with Crippen LogP contribution in [0.3, 0.4) is 0 Å². The number of hydrogen-bond donors (Lipinski definition) is 1. The van der Waals surface area contributed by atoms with Crippen LogP contribution in [0.4, 0.5) is 16.2 Å². The molecule has 8 heteroatoms. The molecule has 0 bridgehead atoms. The number of nitrogens with one attached hydrogen (secondary N) is 1. The van der Waals surface area contributed by atoms with Gasteiger partial charge in [-0.2, -0.15) is 0 Å². The molecule has 0 saturated carbocycles. The van der Waals surface area contributed by atoms with Crippen LogP contribution in [-0.2, 0) is 9.53 Å². The molecule has 29 heavy (non-hydrogen) atoms. The van der Waals surface area contributed by atoms with Crippen molar-refractivity contribution in [3.63, 3.8) is 0 Å². The summed E-state index contributed by atoms with van der Waals surface area (Å²) in [6.07, 6.45) is -0.571. The maximum atomic E-state index is 12.4. The average Bonchev–Trinajstić information content (AvgIpc) is 2.63. The number of carbonyl (C=O) groups is 2. The molecule has 0 unspecified atom stereocenters. The first kappa shape index (κ1) is 20.8. The summed E-state index contributed by atoms with van der Waals surface area (Å²) < 4.78 is 16.5. The second-order valence-electron chi connectivity index (χ2n) is 7.45. The van der Waals surface area contributed by atoms with Gasteiger partial charge in [0.25, 0.3) is 5.91 Å². The van der Waals surface area contributed by atoms with Crippen LogP contribution in [0.15, 0.2) is 42.5 Å². The zero-order valence-corrected chi connectivity index (χ0v) is 17.3. The number of halogens is 1. The van der Waals surface area contributed by atoms with Gasteiger partial charge in [-0.3, -0.25) is 10.1 Å². The Labute approximate surface area is 174 Å². The van der Waals surface area contributed by atoms with Gasteiger partial charge in [0.05, 0.1) is 12.2 Å². The molecule has 2 amide bonds. The fourth-order valence-corrected chi connectivity index (χ4v) is 2.86. The molecule has 1 N–H and O–H groups in total. The average molecular weight is 419 g/mol. The maximum absolute atomic E-state index is 12.4. The first-order valence-electron chi connectivity index (χ1n) is 9.17. The molecule has 0 fully saturated rings. The standard InChI is InChI=1S/C21H23ClN2O5/c1-21(2,3)29-20(26)23-15-6-9-18-17(12-15)24(19(25)13-28-18)10-11-27-16-7-4-14(22)5-8-16/h4-9,12H,10-11,13H2,1-3H3,(H,23,26). The molecule has 1 heterocycles. The Hall–Kier alpha value is -2.93. The molecule has 7 nitrogen and oxygen atoms in total. The van der Waals surface area contributed by atoms with Crippen molar-refractivity contribution >= 4 is 35.0 Å². The van der Waals surface area contributed by atoms with Crippen LogP contribution >= 0.6 is 11.6 Å². The second kappa shape index (κ2) is 8.61. The summed E-state index contributed by atoms with van der Waals surface area (Å²) in [5.74, 6) is 1.04. The van der Waals surface area contributed by atoms with Crippen molar-refractivity contribution in [1.29, 1.82) is 0 Å². The number of carbonyl (C=O) groups excluding carboxylic acids is 2. The minimum absolute atomic E-state index is 0.0488. The van der Waals surface area contributed by atoms with Crippen LogP contribution < -0.4 is 19.7 Å². The van der Waals surface area contributed by atoms with Gasteiger partial charge >= 0.3 is 6.09 Å². The quantitative estimate of drug-likeness (QED) is 0.774. The fourth-order valence-electron chi connectivity index (χ4n) is 2.73. The molecule has 0 aliphatic carbocycles. The molecule has 0 aromatic heterocycles.